The van der Waals surface area contributed by atoms with Crippen LogP contribution in [0, 0.1) is 0 Å². The summed E-state index contributed by atoms with van der Waals surface area (Å²) in [7, 11) is 1.64. The first-order valence-corrected chi connectivity index (χ1v) is 3.35. The zero-order valence-electron chi connectivity index (χ0n) is 6.51. The van der Waals surface area contributed by atoms with Crippen LogP contribution < -0.4 is 0 Å². The van der Waals surface area contributed by atoms with Gasteiger partial charge in [0, 0.05) is 7.05 Å². The van der Waals surface area contributed by atoms with Crippen LogP contribution in [0.1, 0.15) is 18.2 Å². The van der Waals surface area contributed by atoms with Gasteiger partial charge >= 0.3 is 5.97 Å². The van der Waals surface area contributed by atoms with Crippen LogP contribution in [0.15, 0.2) is 6.20 Å². The third kappa shape index (κ3) is 2.03. The fourth-order valence-electron chi connectivity index (χ4n) is 0.788. The summed E-state index contributed by atoms with van der Waals surface area (Å²) >= 11 is 0. The summed E-state index contributed by atoms with van der Waals surface area (Å²) < 4.78 is 1.40. The third-order valence-electron chi connectivity index (χ3n) is 1.33. The zero-order valence-corrected chi connectivity index (χ0v) is 6.51. The average Bonchev–Trinajstić information content (AvgIpc) is 2.34. The number of carboxylic acid groups (broad SMARTS) is 1. The highest BCUT2D eigenvalue weighted by molar-refractivity contribution is 5.67. The molecule has 0 spiro atoms. The molecular weight excluding hydrogens is 162 g/mol. The highest BCUT2D eigenvalue weighted by Gasteiger charge is 2.14. The third-order valence-corrected chi connectivity index (χ3v) is 1.33. The number of hydrogen-bond donors (Lipinski definition) is 2. The second kappa shape index (κ2) is 3.31. The van der Waals surface area contributed by atoms with Crippen molar-refractivity contribution in [2.24, 2.45) is 7.05 Å². The number of aliphatic hydroxyl groups is 1. The quantitative estimate of drug-likeness (QED) is 0.629. The van der Waals surface area contributed by atoms with E-state index in [1.807, 2.05) is 0 Å². The number of carbonyl (C=O) groups is 1. The Morgan fingerprint density at radius 1 is 1.83 bits per heavy atom. The predicted molar refractivity (Wildman–Crippen MR) is 38.2 cm³/mol. The minimum absolute atomic E-state index is 0.278. The summed E-state index contributed by atoms with van der Waals surface area (Å²) in [5, 5.41) is 24.7. The maximum Gasteiger partial charge on any atom is 0.306 e. The molecule has 66 valence electrons. The normalized spacial score (nSPS) is 12.8. The molecule has 1 atom stereocenters. The van der Waals surface area contributed by atoms with E-state index in [0.29, 0.717) is 0 Å². The number of aliphatic carboxylic acids is 1. The average molecular weight is 171 g/mol. The molecule has 0 aliphatic heterocycles. The summed E-state index contributed by atoms with van der Waals surface area (Å²) in [4.78, 5) is 10.2. The van der Waals surface area contributed by atoms with Crippen molar-refractivity contribution in [3.63, 3.8) is 0 Å². The molecule has 0 saturated heterocycles. The molecule has 0 saturated carbocycles. The number of aromatic nitrogens is 3. The van der Waals surface area contributed by atoms with E-state index in [0.717, 1.165) is 0 Å². The van der Waals surface area contributed by atoms with E-state index in [9.17, 15) is 9.90 Å². The molecule has 6 nitrogen and oxygen atoms in total. The van der Waals surface area contributed by atoms with Gasteiger partial charge in [-0.05, 0) is 0 Å². The number of aryl methyl sites for hydroxylation is 1. The Balaban J connectivity index is 2.64. The van der Waals surface area contributed by atoms with Crippen LogP contribution in [0.4, 0.5) is 0 Å². The predicted octanol–water partition coefficient (Wildman–Crippen LogP) is -0.677. The van der Waals surface area contributed by atoms with Crippen molar-refractivity contribution in [2.45, 2.75) is 12.5 Å². The van der Waals surface area contributed by atoms with E-state index in [1.165, 1.54) is 10.9 Å². The molecule has 1 aromatic rings. The van der Waals surface area contributed by atoms with Crippen molar-refractivity contribution < 1.29 is 15.0 Å². The molecule has 2 N–H and O–H groups in total. The van der Waals surface area contributed by atoms with Gasteiger partial charge in [-0.15, -0.1) is 5.10 Å². The molecule has 12 heavy (non-hydrogen) atoms. The molecule has 6 heteroatoms. The molecule has 0 fully saturated rings. The number of nitrogens with zero attached hydrogens (tertiary/aromatic N) is 3. The molecule has 0 aromatic carbocycles. The van der Waals surface area contributed by atoms with Crippen molar-refractivity contribution in [1.82, 2.24) is 15.0 Å². The smallest absolute Gasteiger partial charge is 0.306 e. The summed E-state index contributed by atoms with van der Waals surface area (Å²) in [5.41, 5.74) is 0.278. The zero-order chi connectivity index (χ0) is 9.14. The Kier molecular flexibility index (Phi) is 2.39. The molecule has 0 aliphatic rings. The van der Waals surface area contributed by atoms with Crippen molar-refractivity contribution in [3.8, 4) is 0 Å². The first kappa shape index (κ1) is 8.66. The van der Waals surface area contributed by atoms with Gasteiger partial charge in [-0.3, -0.25) is 9.48 Å². The van der Waals surface area contributed by atoms with Crippen LogP contribution in [0.2, 0.25) is 0 Å². The van der Waals surface area contributed by atoms with E-state index in [4.69, 9.17) is 5.11 Å². The van der Waals surface area contributed by atoms with Crippen LogP contribution >= 0.6 is 0 Å². The van der Waals surface area contributed by atoms with Crippen molar-refractivity contribution in [2.75, 3.05) is 0 Å². The highest BCUT2D eigenvalue weighted by atomic mass is 16.4. The van der Waals surface area contributed by atoms with E-state index in [1.54, 1.807) is 7.05 Å². The lowest BCUT2D eigenvalue weighted by molar-refractivity contribution is -0.139. The molecule has 1 unspecified atom stereocenters. The van der Waals surface area contributed by atoms with Gasteiger partial charge in [0.2, 0.25) is 0 Å². The van der Waals surface area contributed by atoms with E-state index in [2.05, 4.69) is 10.3 Å². The Morgan fingerprint density at radius 2 is 2.50 bits per heavy atom. The number of carboxylic acids is 1. The largest absolute Gasteiger partial charge is 0.481 e. The summed E-state index contributed by atoms with van der Waals surface area (Å²) in [5.74, 6) is -1.06. The Hall–Kier alpha value is -1.43. The van der Waals surface area contributed by atoms with Crippen LogP contribution in [-0.2, 0) is 11.8 Å². The standard InChI is InChI=1S/C6H9N3O3/c1-9-3-4(7-8-9)5(10)2-6(11)12/h3,5,10H,2H2,1H3,(H,11,12). The highest BCUT2D eigenvalue weighted by Crippen LogP contribution is 2.11. The number of rotatable bonds is 3. The molecular formula is C6H9N3O3. The summed E-state index contributed by atoms with van der Waals surface area (Å²) in [6.45, 7) is 0. The van der Waals surface area contributed by atoms with E-state index >= 15 is 0 Å². The topological polar surface area (TPSA) is 88.2 Å². The fraction of sp³-hybridized carbons (Fsp3) is 0.500. The minimum Gasteiger partial charge on any atom is -0.481 e. The van der Waals surface area contributed by atoms with Gasteiger partial charge in [-0.2, -0.15) is 0 Å². The summed E-state index contributed by atoms with van der Waals surface area (Å²) in [6, 6.07) is 0. The minimum atomic E-state index is -1.07. The Morgan fingerprint density at radius 3 is 2.92 bits per heavy atom. The molecule has 0 radical (unpaired) electrons. The maximum atomic E-state index is 10.2. The SMILES string of the molecule is Cn1cc(C(O)CC(=O)O)nn1. The number of hydrogen-bond acceptors (Lipinski definition) is 4. The number of aliphatic hydroxyl groups excluding tert-OH is 1. The molecule has 1 heterocycles. The van der Waals surface area contributed by atoms with Gasteiger partial charge in [-0.25, -0.2) is 0 Å². The van der Waals surface area contributed by atoms with E-state index < -0.39 is 12.1 Å². The van der Waals surface area contributed by atoms with E-state index in [-0.39, 0.29) is 12.1 Å². The molecule has 1 rings (SSSR count). The lowest BCUT2D eigenvalue weighted by atomic mass is 10.2. The second-order valence-electron chi connectivity index (χ2n) is 2.43. The van der Waals surface area contributed by atoms with Crippen molar-refractivity contribution in [3.05, 3.63) is 11.9 Å². The van der Waals surface area contributed by atoms with Crippen molar-refractivity contribution in [1.29, 1.82) is 0 Å². The molecule has 1 aromatic heterocycles. The summed E-state index contributed by atoms with van der Waals surface area (Å²) in [6.07, 6.45) is 0.0583. The van der Waals surface area contributed by atoms with Gasteiger partial charge in [0.1, 0.15) is 11.8 Å². The van der Waals surface area contributed by atoms with Crippen LogP contribution in [0.5, 0.6) is 0 Å². The van der Waals surface area contributed by atoms with Crippen LogP contribution in [-0.4, -0.2) is 31.2 Å². The van der Waals surface area contributed by atoms with Crippen molar-refractivity contribution >= 4 is 5.97 Å². The van der Waals surface area contributed by atoms with Gasteiger partial charge in [0.25, 0.3) is 0 Å². The monoisotopic (exact) mass is 171 g/mol. The van der Waals surface area contributed by atoms with Crippen LogP contribution in [0.3, 0.4) is 0 Å². The first-order valence-electron chi connectivity index (χ1n) is 3.35. The molecule has 0 aliphatic carbocycles. The lowest BCUT2D eigenvalue weighted by Crippen LogP contribution is -2.05. The van der Waals surface area contributed by atoms with Gasteiger partial charge < -0.3 is 10.2 Å². The lowest BCUT2D eigenvalue weighted by Gasteiger charge is -2.00. The fourth-order valence-corrected chi connectivity index (χ4v) is 0.788. The second-order valence-corrected chi connectivity index (χ2v) is 2.43. The van der Waals surface area contributed by atoms with Gasteiger partial charge in [0.05, 0.1) is 12.6 Å². The van der Waals surface area contributed by atoms with Gasteiger partial charge in [0.15, 0.2) is 0 Å². The first-order chi connectivity index (χ1) is 5.59. The molecule has 0 amide bonds. The van der Waals surface area contributed by atoms with Gasteiger partial charge in [-0.1, -0.05) is 5.21 Å². The maximum absolute atomic E-state index is 10.2. The Bertz CT molecular complexity index is 283. The Labute approximate surface area is 68.4 Å². The van der Waals surface area contributed by atoms with Crippen LogP contribution in [0.25, 0.3) is 0 Å². The molecule has 0 bridgehead atoms.